The summed E-state index contributed by atoms with van der Waals surface area (Å²) in [6.07, 6.45) is 4.54. The van der Waals surface area contributed by atoms with E-state index in [0.29, 0.717) is 17.5 Å². The van der Waals surface area contributed by atoms with Gasteiger partial charge in [-0.3, -0.25) is 0 Å². The minimum atomic E-state index is -0.385. The molecule has 1 spiro atoms. The Balaban J connectivity index is 1.70. The van der Waals surface area contributed by atoms with E-state index in [1.165, 1.54) is 0 Å². The number of ether oxygens (including phenoxy) is 1. The molecule has 0 aromatic rings. The van der Waals surface area contributed by atoms with Crippen molar-refractivity contribution in [3.8, 4) is 0 Å². The van der Waals surface area contributed by atoms with Crippen LogP contribution in [0, 0.1) is 5.41 Å². The van der Waals surface area contributed by atoms with E-state index in [1.54, 1.807) is 0 Å². The van der Waals surface area contributed by atoms with Gasteiger partial charge in [-0.1, -0.05) is 0 Å². The fraction of sp³-hybridized carbons (Fsp3) is 0.929. The SMILES string of the molecule is CC(C)(C)OC(=O)N1[C@@H]2CC[C@H]1CC1(CNC1)C2. The number of amides is 1. The molecule has 1 N–H and O–H groups in total. The summed E-state index contributed by atoms with van der Waals surface area (Å²) in [6.45, 7) is 8.10. The maximum atomic E-state index is 12.3. The van der Waals surface area contributed by atoms with Gasteiger partial charge >= 0.3 is 6.09 Å². The molecule has 3 saturated heterocycles. The Bertz CT molecular complexity index is 341. The smallest absolute Gasteiger partial charge is 0.410 e. The lowest BCUT2D eigenvalue weighted by Gasteiger charge is -2.51. The van der Waals surface area contributed by atoms with Crippen LogP contribution in [0.25, 0.3) is 0 Å². The molecule has 0 aromatic heterocycles. The number of hydrogen-bond acceptors (Lipinski definition) is 3. The fourth-order valence-corrected chi connectivity index (χ4v) is 3.82. The molecule has 2 atom stereocenters. The molecule has 2 bridgehead atoms. The van der Waals surface area contributed by atoms with Gasteiger partial charge < -0.3 is 15.0 Å². The highest BCUT2D eigenvalue weighted by Gasteiger charge is 2.52. The zero-order chi connectivity index (χ0) is 13.0. The maximum Gasteiger partial charge on any atom is 0.410 e. The van der Waals surface area contributed by atoms with Crippen molar-refractivity contribution >= 4 is 6.09 Å². The molecule has 1 amide bonds. The van der Waals surface area contributed by atoms with Crippen LogP contribution in [0.2, 0.25) is 0 Å². The first-order valence-corrected chi connectivity index (χ1v) is 7.11. The van der Waals surface area contributed by atoms with E-state index >= 15 is 0 Å². The first kappa shape index (κ1) is 12.3. The molecule has 3 aliphatic rings. The summed E-state index contributed by atoms with van der Waals surface area (Å²) in [5.41, 5.74) is 0.105. The van der Waals surface area contributed by atoms with Crippen LogP contribution < -0.4 is 5.32 Å². The number of nitrogens with zero attached hydrogens (tertiary/aromatic N) is 1. The monoisotopic (exact) mass is 252 g/mol. The van der Waals surface area contributed by atoms with Crippen LogP contribution in [-0.2, 0) is 4.74 Å². The van der Waals surface area contributed by atoms with Gasteiger partial charge in [0.05, 0.1) is 0 Å². The van der Waals surface area contributed by atoms with E-state index in [9.17, 15) is 4.79 Å². The quantitative estimate of drug-likeness (QED) is 0.718. The summed E-state index contributed by atoms with van der Waals surface area (Å²) in [7, 11) is 0. The molecule has 3 rings (SSSR count). The summed E-state index contributed by atoms with van der Waals surface area (Å²) >= 11 is 0. The number of piperidine rings is 1. The number of hydrogen-bond donors (Lipinski definition) is 1. The molecule has 102 valence electrons. The molecule has 0 aliphatic carbocycles. The summed E-state index contributed by atoms with van der Waals surface area (Å²) in [4.78, 5) is 14.3. The molecule has 0 radical (unpaired) electrons. The predicted octanol–water partition coefficient (Wildman–Crippen LogP) is 2.14. The molecule has 0 aromatic carbocycles. The van der Waals surface area contributed by atoms with E-state index in [4.69, 9.17) is 4.74 Å². The minimum absolute atomic E-state index is 0.0999. The highest BCUT2D eigenvalue weighted by molar-refractivity contribution is 5.69. The normalized spacial score (nSPS) is 33.4. The number of carbonyl (C=O) groups is 1. The van der Waals surface area contributed by atoms with Gasteiger partial charge in [0.25, 0.3) is 0 Å². The lowest BCUT2D eigenvalue weighted by Crippen LogP contribution is -2.62. The van der Waals surface area contributed by atoms with Crippen molar-refractivity contribution in [2.45, 2.75) is 64.1 Å². The summed E-state index contributed by atoms with van der Waals surface area (Å²) in [5.74, 6) is 0. The Labute approximate surface area is 109 Å². The summed E-state index contributed by atoms with van der Waals surface area (Å²) in [6, 6.07) is 0.835. The summed E-state index contributed by atoms with van der Waals surface area (Å²) in [5, 5.41) is 3.39. The minimum Gasteiger partial charge on any atom is -0.444 e. The van der Waals surface area contributed by atoms with Crippen molar-refractivity contribution in [3.05, 3.63) is 0 Å². The molecule has 3 fully saturated rings. The number of carbonyl (C=O) groups excluding carboxylic acids is 1. The molecular weight excluding hydrogens is 228 g/mol. The molecule has 18 heavy (non-hydrogen) atoms. The van der Waals surface area contributed by atoms with Crippen molar-refractivity contribution in [1.82, 2.24) is 10.2 Å². The highest BCUT2D eigenvalue weighted by Crippen LogP contribution is 2.47. The second-order valence-electron chi connectivity index (χ2n) is 7.28. The number of fused-ring (bicyclic) bond motifs is 2. The molecular formula is C14H24N2O2. The Kier molecular flexibility index (Phi) is 2.63. The van der Waals surface area contributed by atoms with Crippen molar-refractivity contribution in [2.75, 3.05) is 13.1 Å². The Hall–Kier alpha value is -0.770. The van der Waals surface area contributed by atoms with Gasteiger partial charge in [0.1, 0.15) is 5.60 Å². The van der Waals surface area contributed by atoms with Gasteiger partial charge in [-0.05, 0) is 51.9 Å². The topological polar surface area (TPSA) is 41.6 Å². The lowest BCUT2D eigenvalue weighted by molar-refractivity contribution is -0.0242. The van der Waals surface area contributed by atoms with Gasteiger partial charge in [-0.2, -0.15) is 0 Å². The molecule has 4 heteroatoms. The van der Waals surface area contributed by atoms with E-state index in [2.05, 4.69) is 5.32 Å². The van der Waals surface area contributed by atoms with Crippen LogP contribution in [0.5, 0.6) is 0 Å². The second kappa shape index (κ2) is 3.86. The Morgan fingerprint density at radius 1 is 1.22 bits per heavy atom. The highest BCUT2D eigenvalue weighted by atomic mass is 16.6. The molecule has 3 aliphatic heterocycles. The van der Waals surface area contributed by atoms with Gasteiger partial charge in [0.2, 0.25) is 0 Å². The summed E-state index contributed by atoms with van der Waals surface area (Å²) < 4.78 is 5.55. The first-order valence-electron chi connectivity index (χ1n) is 7.11. The van der Waals surface area contributed by atoms with Crippen LogP contribution in [0.15, 0.2) is 0 Å². The van der Waals surface area contributed by atoms with E-state index < -0.39 is 0 Å². The zero-order valence-corrected chi connectivity index (χ0v) is 11.7. The van der Waals surface area contributed by atoms with Crippen molar-refractivity contribution in [1.29, 1.82) is 0 Å². The molecule has 0 saturated carbocycles. The standard InChI is InChI=1S/C14H24N2O2/c1-13(2,3)18-12(17)16-10-4-5-11(16)7-14(6-10)8-15-9-14/h10-11,15H,4-9H2,1-3H3/t10-,11+. The van der Waals surface area contributed by atoms with Crippen LogP contribution in [-0.4, -0.2) is 41.8 Å². The molecule has 0 unspecified atom stereocenters. The van der Waals surface area contributed by atoms with Gasteiger partial charge in [-0.25, -0.2) is 4.79 Å². The second-order valence-corrected chi connectivity index (χ2v) is 7.28. The van der Waals surface area contributed by atoms with Crippen LogP contribution in [0.1, 0.15) is 46.5 Å². The van der Waals surface area contributed by atoms with Gasteiger partial charge in [0.15, 0.2) is 0 Å². The van der Waals surface area contributed by atoms with Crippen molar-refractivity contribution in [2.24, 2.45) is 5.41 Å². The lowest BCUT2D eigenvalue weighted by atomic mass is 9.70. The number of nitrogens with one attached hydrogen (secondary N) is 1. The Morgan fingerprint density at radius 3 is 2.17 bits per heavy atom. The third-order valence-electron chi connectivity index (χ3n) is 4.56. The molecule has 4 nitrogen and oxygen atoms in total. The largest absolute Gasteiger partial charge is 0.444 e. The van der Waals surface area contributed by atoms with Crippen LogP contribution in [0.3, 0.4) is 0 Å². The van der Waals surface area contributed by atoms with Crippen molar-refractivity contribution in [3.63, 3.8) is 0 Å². The average Bonchev–Trinajstić information content (AvgIpc) is 2.45. The first-order chi connectivity index (χ1) is 8.39. The number of rotatable bonds is 0. The van der Waals surface area contributed by atoms with Crippen LogP contribution >= 0.6 is 0 Å². The maximum absolute atomic E-state index is 12.3. The fourth-order valence-electron chi connectivity index (χ4n) is 3.82. The van der Waals surface area contributed by atoms with E-state index in [-0.39, 0.29) is 11.7 Å². The van der Waals surface area contributed by atoms with Gasteiger partial charge in [-0.15, -0.1) is 0 Å². The average molecular weight is 252 g/mol. The zero-order valence-electron chi connectivity index (χ0n) is 11.7. The van der Waals surface area contributed by atoms with Gasteiger partial charge in [0, 0.05) is 25.2 Å². The Morgan fingerprint density at radius 2 is 1.78 bits per heavy atom. The molecule has 3 heterocycles. The van der Waals surface area contributed by atoms with E-state index in [0.717, 1.165) is 38.8 Å². The van der Waals surface area contributed by atoms with Crippen molar-refractivity contribution < 1.29 is 9.53 Å². The third-order valence-corrected chi connectivity index (χ3v) is 4.56. The predicted molar refractivity (Wildman–Crippen MR) is 69.4 cm³/mol. The third kappa shape index (κ3) is 2.00. The van der Waals surface area contributed by atoms with Crippen LogP contribution in [0.4, 0.5) is 4.79 Å². The van der Waals surface area contributed by atoms with E-state index in [1.807, 2.05) is 25.7 Å².